The van der Waals surface area contributed by atoms with E-state index in [1.165, 1.54) is 0 Å². The molecule has 0 amide bonds. The van der Waals surface area contributed by atoms with Crippen LogP contribution in [0.25, 0.3) is 0 Å². The molecule has 0 heterocycles. The van der Waals surface area contributed by atoms with Gasteiger partial charge in [0.2, 0.25) is 11.9 Å². The van der Waals surface area contributed by atoms with Crippen LogP contribution in [0.4, 0.5) is 5.69 Å². The van der Waals surface area contributed by atoms with Gasteiger partial charge in [0, 0.05) is 24.2 Å². The van der Waals surface area contributed by atoms with Crippen molar-refractivity contribution >= 4 is 17.3 Å². The van der Waals surface area contributed by atoms with E-state index in [4.69, 9.17) is 5.11 Å². The van der Waals surface area contributed by atoms with E-state index in [0.717, 1.165) is 12.2 Å². The minimum Gasteiger partial charge on any atom is -0.437 e. The van der Waals surface area contributed by atoms with Crippen LogP contribution in [0.1, 0.15) is 44.5 Å². The van der Waals surface area contributed by atoms with E-state index < -0.39 is 11.5 Å². The van der Waals surface area contributed by atoms with E-state index in [1.807, 2.05) is 19.1 Å². The lowest BCUT2D eigenvalue weighted by Crippen LogP contribution is -2.42. The third-order valence-electron chi connectivity index (χ3n) is 3.57. The number of carbonyl (C=O) groups is 2. The molecule has 1 aromatic rings. The van der Waals surface area contributed by atoms with Crippen molar-refractivity contribution in [3.05, 3.63) is 29.8 Å². The molecule has 1 atom stereocenters. The number of Topliss-reactive ketones (excluding diaryl/α,β-unsaturated/α-hetero) is 2. The fourth-order valence-electron chi connectivity index (χ4n) is 2.07. The molecule has 4 nitrogen and oxygen atoms in total. The Bertz CT molecular complexity index is 477. The van der Waals surface area contributed by atoms with Crippen molar-refractivity contribution in [2.45, 2.75) is 40.2 Å². The molecular weight excluding hydrogens is 254 g/mol. The lowest BCUT2D eigenvalue weighted by Gasteiger charge is -2.24. The van der Waals surface area contributed by atoms with Crippen molar-refractivity contribution in [3.63, 3.8) is 0 Å². The highest BCUT2D eigenvalue weighted by Gasteiger charge is 2.43. The average molecular weight is 278 g/mol. The van der Waals surface area contributed by atoms with Gasteiger partial charge in [0.1, 0.15) is 11.2 Å². The molecule has 0 radical (unpaired) electrons. The van der Waals surface area contributed by atoms with Crippen molar-refractivity contribution < 1.29 is 14.7 Å². The minimum atomic E-state index is -1.07. The molecule has 0 unspecified atom stereocenters. The molecule has 0 aromatic heterocycles. The monoisotopic (exact) mass is 278 g/mol. The summed E-state index contributed by atoms with van der Waals surface area (Å²) in [6, 6.07) is 7.04. The lowest BCUT2D eigenvalue weighted by molar-refractivity contribution is -0.131. The number of anilines is 1. The van der Waals surface area contributed by atoms with Gasteiger partial charge in [-0.15, -0.1) is 0 Å². The molecule has 110 valence electrons. The number of rotatable bonds is 7. The van der Waals surface area contributed by atoms with Crippen LogP contribution in [-0.2, 0) is 4.79 Å². The summed E-state index contributed by atoms with van der Waals surface area (Å²) < 4.78 is 0. The third-order valence-corrected chi connectivity index (χ3v) is 3.57. The Morgan fingerprint density at radius 3 is 2.20 bits per heavy atom. The summed E-state index contributed by atoms with van der Waals surface area (Å²) in [7, 11) is 0. The first-order chi connectivity index (χ1) is 9.34. The summed E-state index contributed by atoms with van der Waals surface area (Å²) in [4.78, 5) is 24.2. The molecule has 3 N–H and O–H groups in total. The molecule has 0 aliphatic heterocycles. The average Bonchev–Trinajstić information content (AvgIpc) is 2.45. The van der Waals surface area contributed by atoms with Crippen LogP contribution in [0.3, 0.4) is 0 Å². The maximum atomic E-state index is 12.3. The SMILES string of the molecule is CCNc1ccc(C(=O)[C@H]([OH2+])C(C)(C)C(=O)CC)cc1. The molecule has 0 bridgehead atoms. The van der Waals surface area contributed by atoms with Crippen LogP contribution in [0, 0.1) is 5.41 Å². The smallest absolute Gasteiger partial charge is 0.242 e. The van der Waals surface area contributed by atoms with Gasteiger partial charge in [0.05, 0.1) is 0 Å². The van der Waals surface area contributed by atoms with Gasteiger partial charge in [-0.1, -0.05) is 6.92 Å². The predicted molar refractivity (Wildman–Crippen MR) is 81.4 cm³/mol. The highest BCUT2D eigenvalue weighted by molar-refractivity contribution is 6.03. The zero-order chi connectivity index (χ0) is 15.3. The van der Waals surface area contributed by atoms with Gasteiger partial charge in [-0.05, 0) is 45.0 Å². The number of carbonyl (C=O) groups excluding carboxylic acids is 2. The minimum absolute atomic E-state index is 0.0601. The Morgan fingerprint density at radius 2 is 1.75 bits per heavy atom. The summed E-state index contributed by atoms with van der Waals surface area (Å²) in [6.07, 6.45) is -0.727. The fourth-order valence-corrected chi connectivity index (χ4v) is 2.07. The second kappa shape index (κ2) is 6.66. The van der Waals surface area contributed by atoms with Gasteiger partial charge >= 0.3 is 0 Å². The quantitative estimate of drug-likeness (QED) is 0.615. The predicted octanol–water partition coefficient (Wildman–Crippen LogP) is 2.40. The van der Waals surface area contributed by atoms with Crippen LogP contribution in [0.5, 0.6) is 0 Å². The van der Waals surface area contributed by atoms with Crippen molar-refractivity contribution in [1.82, 2.24) is 0 Å². The third kappa shape index (κ3) is 3.45. The zero-order valence-electron chi connectivity index (χ0n) is 12.6. The molecule has 0 saturated carbocycles. The first kappa shape index (κ1) is 16.4. The molecule has 1 rings (SSSR count). The molecule has 0 aliphatic rings. The first-order valence-corrected chi connectivity index (χ1v) is 6.97. The van der Waals surface area contributed by atoms with Gasteiger partial charge in [-0.3, -0.25) is 9.59 Å². The van der Waals surface area contributed by atoms with Crippen LogP contribution in [0.2, 0.25) is 0 Å². The topological polar surface area (TPSA) is 69.1 Å². The molecule has 0 aliphatic carbocycles. The molecular formula is C16H24NO3+. The van der Waals surface area contributed by atoms with E-state index in [1.54, 1.807) is 32.9 Å². The van der Waals surface area contributed by atoms with Crippen molar-refractivity contribution in [2.75, 3.05) is 11.9 Å². The number of ketones is 2. The highest BCUT2D eigenvalue weighted by Crippen LogP contribution is 2.26. The van der Waals surface area contributed by atoms with E-state index in [9.17, 15) is 9.59 Å². The molecule has 1 aromatic carbocycles. The summed E-state index contributed by atoms with van der Waals surface area (Å²) in [5.74, 6) is -0.366. The Labute approximate surface area is 120 Å². The van der Waals surface area contributed by atoms with Crippen LogP contribution >= 0.6 is 0 Å². The molecule has 0 saturated heterocycles. The molecule has 0 fully saturated rings. The standard InChI is InChI=1S/C16H23NO3/c1-5-13(18)16(3,4)15(20)14(19)11-7-9-12(10-8-11)17-6-2/h7-10,15,17,20H,5-6H2,1-4H3/p+1/t15-/m0/s1. The van der Waals surface area contributed by atoms with E-state index >= 15 is 0 Å². The molecule has 20 heavy (non-hydrogen) atoms. The van der Waals surface area contributed by atoms with Crippen molar-refractivity contribution in [2.24, 2.45) is 5.41 Å². The van der Waals surface area contributed by atoms with Gasteiger partial charge in [-0.2, -0.15) is 0 Å². The number of hydrogen-bond donors (Lipinski definition) is 1. The summed E-state index contributed by atoms with van der Waals surface area (Å²) in [6.45, 7) is 7.90. The Morgan fingerprint density at radius 1 is 1.20 bits per heavy atom. The second-order valence-corrected chi connectivity index (χ2v) is 5.40. The van der Waals surface area contributed by atoms with E-state index in [0.29, 0.717) is 12.0 Å². The van der Waals surface area contributed by atoms with Crippen molar-refractivity contribution in [1.29, 1.82) is 0 Å². The maximum absolute atomic E-state index is 12.3. The summed E-state index contributed by atoms with van der Waals surface area (Å²) in [5, 5.41) is 11.2. The van der Waals surface area contributed by atoms with Gasteiger partial charge < -0.3 is 10.4 Å². The normalized spacial score (nSPS) is 12.8. The zero-order valence-corrected chi connectivity index (χ0v) is 12.6. The number of nitrogens with one attached hydrogen (secondary N) is 1. The molecule has 4 heteroatoms. The first-order valence-electron chi connectivity index (χ1n) is 6.97. The van der Waals surface area contributed by atoms with Crippen LogP contribution < -0.4 is 5.32 Å². The Kier molecular flexibility index (Phi) is 5.45. The number of benzene rings is 1. The van der Waals surface area contributed by atoms with E-state index in [2.05, 4.69) is 5.32 Å². The van der Waals surface area contributed by atoms with Gasteiger partial charge in [0.15, 0.2) is 0 Å². The van der Waals surface area contributed by atoms with Crippen molar-refractivity contribution in [3.8, 4) is 0 Å². The van der Waals surface area contributed by atoms with E-state index in [-0.39, 0.29) is 11.6 Å². The maximum Gasteiger partial charge on any atom is 0.242 e. The van der Waals surface area contributed by atoms with Gasteiger partial charge in [0.25, 0.3) is 0 Å². The lowest BCUT2D eigenvalue weighted by atomic mass is 9.78. The fraction of sp³-hybridized carbons (Fsp3) is 0.500. The second-order valence-electron chi connectivity index (χ2n) is 5.40. The summed E-state index contributed by atoms with van der Waals surface area (Å²) >= 11 is 0. The molecule has 0 spiro atoms. The summed E-state index contributed by atoms with van der Waals surface area (Å²) in [5.41, 5.74) is 0.463. The van der Waals surface area contributed by atoms with Crippen LogP contribution in [-0.4, -0.2) is 29.3 Å². The Balaban J connectivity index is 2.91. The Hall–Kier alpha value is -1.68. The number of hydrogen-bond acceptors (Lipinski definition) is 3. The van der Waals surface area contributed by atoms with Crippen LogP contribution in [0.15, 0.2) is 24.3 Å². The largest absolute Gasteiger partial charge is 0.437 e. The van der Waals surface area contributed by atoms with Gasteiger partial charge in [-0.25, -0.2) is 0 Å². The highest BCUT2D eigenvalue weighted by atomic mass is 16.3.